The number of rotatable bonds is 6. The predicted octanol–water partition coefficient (Wildman–Crippen LogP) is 1.02. The Morgan fingerprint density at radius 1 is 1.47 bits per heavy atom. The molecule has 0 aliphatic rings. The highest BCUT2D eigenvalue weighted by atomic mass is 16.5. The molecule has 0 aromatic carbocycles. The Hall–Kier alpha value is -1.36. The van der Waals surface area contributed by atoms with Crippen molar-refractivity contribution in [3.8, 4) is 5.88 Å². The van der Waals surface area contributed by atoms with Gasteiger partial charge in [-0.3, -0.25) is 4.98 Å². The van der Waals surface area contributed by atoms with Crippen LogP contribution in [0.25, 0.3) is 0 Å². The zero-order chi connectivity index (χ0) is 11.1. The Bertz CT molecular complexity index is 289. The van der Waals surface area contributed by atoms with Crippen LogP contribution in [0.1, 0.15) is 20.3 Å². The van der Waals surface area contributed by atoms with Crippen LogP contribution in [0.2, 0.25) is 0 Å². The monoisotopic (exact) mass is 210 g/mol. The van der Waals surface area contributed by atoms with E-state index in [0.717, 1.165) is 6.42 Å². The molecule has 0 bridgehead atoms. The largest absolute Gasteiger partial charge is 0.477 e. The van der Waals surface area contributed by atoms with Gasteiger partial charge in [-0.15, -0.1) is 0 Å². The van der Waals surface area contributed by atoms with Crippen LogP contribution in [-0.4, -0.2) is 29.2 Å². The van der Waals surface area contributed by atoms with Gasteiger partial charge in [-0.05, 0) is 13.3 Å². The van der Waals surface area contributed by atoms with Crippen LogP contribution < -0.4 is 15.8 Å². The van der Waals surface area contributed by atoms with E-state index in [1.165, 1.54) is 0 Å². The van der Waals surface area contributed by atoms with Crippen LogP contribution in [0.3, 0.4) is 0 Å². The van der Waals surface area contributed by atoms with Gasteiger partial charge in [0.15, 0.2) is 0 Å². The van der Waals surface area contributed by atoms with Crippen molar-refractivity contribution in [2.75, 3.05) is 18.5 Å². The van der Waals surface area contributed by atoms with Crippen molar-refractivity contribution in [3.05, 3.63) is 12.4 Å². The molecular formula is C10H18N4O. The predicted molar refractivity (Wildman–Crippen MR) is 60.0 cm³/mol. The Kier molecular flexibility index (Phi) is 4.83. The molecule has 0 saturated heterocycles. The third-order valence-corrected chi connectivity index (χ3v) is 2.03. The summed E-state index contributed by atoms with van der Waals surface area (Å²) in [7, 11) is 0. The lowest BCUT2D eigenvalue weighted by molar-refractivity contribution is 0.325. The van der Waals surface area contributed by atoms with E-state index in [-0.39, 0.29) is 6.04 Å². The Morgan fingerprint density at radius 3 is 2.87 bits per heavy atom. The van der Waals surface area contributed by atoms with Gasteiger partial charge < -0.3 is 15.8 Å². The Labute approximate surface area is 90.1 Å². The van der Waals surface area contributed by atoms with Crippen LogP contribution in [0.5, 0.6) is 5.88 Å². The van der Waals surface area contributed by atoms with E-state index in [1.807, 2.05) is 6.92 Å². The molecule has 0 aliphatic carbocycles. The molecule has 15 heavy (non-hydrogen) atoms. The maximum absolute atomic E-state index is 5.59. The maximum atomic E-state index is 5.59. The lowest BCUT2D eigenvalue weighted by Gasteiger charge is -2.15. The second kappa shape index (κ2) is 6.19. The average Bonchev–Trinajstić information content (AvgIpc) is 2.27. The molecule has 1 atom stereocenters. The summed E-state index contributed by atoms with van der Waals surface area (Å²) < 4.78 is 5.25. The molecule has 1 aromatic rings. The lowest BCUT2D eigenvalue weighted by atomic mass is 10.2. The lowest BCUT2D eigenvalue weighted by Crippen LogP contribution is -2.28. The first kappa shape index (κ1) is 11.7. The summed E-state index contributed by atoms with van der Waals surface area (Å²) in [6.07, 6.45) is 4.22. The highest BCUT2D eigenvalue weighted by molar-refractivity contribution is 5.34. The second-order valence-electron chi connectivity index (χ2n) is 3.16. The van der Waals surface area contributed by atoms with Gasteiger partial charge in [-0.2, -0.15) is 4.98 Å². The normalized spacial score (nSPS) is 12.2. The van der Waals surface area contributed by atoms with Crippen molar-refractivity contribution >= 4 is 5.82 Å². The standard InChI is InChI=1S/C10H18N4O/c1-3-8(5-11)13-9-6-12-7-10(14-9)15-4-2/h6-8H,3-5,11H2,1-2H3,(H,13,14). The fourth-order valence-corrected chi connectivity index (χ4v) is 1.17. The smallest absolute Gasteiger partial charge is 0.234 e. The van der Waals surface area contributed by atoms with Gasteiger partial charge in [0.1, 0.15) is 5.82 Å². The first-order valence-corrected chi connectivity index (χ1v) is 5.21. The summed E-state index contributed by atoms with van der Waals surface area (Å²) in [6.45, 7) is 5.16. The number of ether oxygens (including phenoxy) is 1. The van der Waals surface area contributed by atoms with Gasteiger partial charge in [-0.25, -0.2) is 0 Å². The number of hydrogen-bond acceptors (Lipinski definition) is 5. The summed E-state index contributed by atoms with van der Waals surface area (Å²) in [5.74, 6) is 1.24. The molecule has 5 heteroatoms. The topological polar surface area (TPSA) is 73.1 Å². The second-order valence-corrected chi connectivity index (χ2v) is 3.16. The number of hydrogen-bond donors (Lipinski definition) is 2. The van der Waals surface area contributed by atoms with E-state index in [1.54, 1.807) is 12.4 Å². The van der Waals surface area contributed by atoms with E-state index >= 15 is 0 Å². The summed E-state index contributed by atoms with van der Waals surface area (Å²) >= 11 is 0. The molecule has 1 unspecified atom stereocenters. The summed E-state index contributed by atoms with van der Waals surface area (Å²) in [6, 6.07) is 0.233. The maximum Gasteiger partial charge on any atom is 0.234 e. The fourth-order valence-electron chi connectivity index (χ4n) is 1.17. The van der Waals surface area contributed by atoms with Crippen LogP contribution in [0, 0.1) is 0 Å². The number of anilines is 1. The van der Waals surface area contributed by atoms with Gasteiger partial charge in [0.2, 0.25) is 5.88 Å². The third-order valence-electron chi connectivity index (χ3n) is 2.03. The van der Waals surface area contributed by atoms with Gasteiger partial charge in [0.05, 0.1) is 19.0 Å². The SMILES string of the molecule is CCOc1cncc(NC(CC)CN)n1. The highest BCUT2D eigenvalue weighted by Crippen LogP contribution is 2.10. The molecule has 0 amide bonds. The minimum atomic E-state index is 0.233. The van der Waals surface area contributed by atoms with Crippen molar-refractivity contribution in [1.82, 2.24) is 9.97 Å². The molecule has 0 aliphatic heterocycles. The molecule has 0 radical (unpaired) electrons. The minimum absolute atomic E-state index is 0.233. The molecule has 84 valence electrons. The summed E-state index contributed by atoms with van der Waals surface area (Å²) in [5, 5.41) is 3.20. The van der Waals surface area contributed by atoms with Gasteiger partial charge in [-0.1, -0.05) is 6.92 Å². The minimum Gasteiger partial charge on any atom is -0.477 e. The van der Waals surface area contributed by atoms with Crippen molar-refractivity contribution in [3.63, 3.8) is 0 Å². The molecule has 1 heterocycles. The van der Waals surface area contributed by atoms with Crippen molar-refractivity contribution in [2.45, 2.75) is 26.3 Å². The molecule has 1 aromatic heterocycles. The van der Waals surface area contributed by atoms with Crippen LogP contribution >= 0.6 is 0 Å². The van der Waals surface area contributed by atoms with Gasteiger partial charge in [0, 0.05) is 12.6 Å². The fraction of sp³-hybridized carbons (Fsp3) is 0.600. The van der Waals surface area contributed by atoms with E-state index in [2.05, 4.69) is 22.2 Å². The molecule has 0 saturated carbocycles. The molecule has 5 nitrogen and oxygen atoms in total. The van der Waals surface area contributed by atoms with E-state index in [4.69, 9.17) is 10.5 Å². The first-order chi connectivity index (χ1) is 7.30. The summed E-state index contributed by atoms with van der Waals surface area (Å²) in [4.78, 5) is 8.28. The number of nitrogens with one attached hydrogen (secondary N) is 1. The molecule has 3 N–H and O–H groups in total. The Morgan fingerprint density at radius 2 is 2.27 bits per heavy atom. The molecular weight excluding hydrogens is 192 g/mol. The van der Waals surface area contributed by atoms with Crippen molar-refractivity contribution < 1.29 is 4.74 Å². The van der Waals surface area contributed by atoms with Crippen LogP contribution in [0.15, 0.2) is 12.4 Å². The number of nitrogens with two attached hydrogens (primary N) is 1. The molecule has 0 spiro atoms. The third kappa shape index (κ3) is 3.71. The van der Waals surface area contributed by atoms with Gasteiger partial charge in [0.25, 0.3) is 0 Å². The zero-order valence-electron chi connectivity index (χ0n) is 9.23. The Balaban J connectivity index is 2.64. The number of aromatic nitrogens is 2. The van der Waals surface area contributed by atoms with E-state index in [9.17, 15) is 0 Å². The first-order valence-electron chi connectivity index (χ1n) is 5.21. The molecule has 1 rings (SSSR count). The van der Waals surface area contributed by atoms with Crippen molar-refractivity contribution in [2.24, 2.45) is 5.73 Å². The zero-order valence-corrected chi connectivity index (χ0v) is 9.23. The average molecular weight is 210 g/mol. The van der Waals surface area contributed by atoms with E-state index < -0.39 is 0 Å². The number of nitrogens with zero attached hydrogens (tertiary/aromatic N) is 2. The van der Waals surface area contributed by atoms with Crippen LogP contribution in [-0.2, 0) is 0 Å². The van der Waals surface area contributed by atoms with Crippen molar-refractivity contribution in [1.29, 1.82) is 0 Å². The quantitative estimate of drug-likeness (QED) is 0.733. The highest BCUT2D eigenvalue weighted by Gasteiger charge is 2.05. The van der Waals surface area contributed by atoms with Crippen LogP contribution in [0.4, 0.5) is 5.82 Å². The van der Waals surface area contributed by atoms with Gasteiger partial charge >= 0.3 is 0 Å². The molecule has 0 fully saturated rings. The van der Waals surface area contributed by atoms with E-state index in [0.29, 0.717) is 24.8 Å². The summed E-state index contributed by atoms with van der Waals surface area (Å²) in [5.41, 5.74) is 5.59.